The lowest BCUT2D eigenvalue weighted by molar-refractivity contribution is -0.917. The van der Waals surface area contributed by atoms with Crippen molar-refractivity contribution in [1.82, 2.24) is 10.3 Å². The number of likely N-dealkylation sites (tertiary alicyclic amines) is 1. The maximum absolute atomic E-state index is 13.0. The summed E-state index contributed by atoms with van der Waals surface area (Å²) in [6, 6.07) is -1.01. The molecular weight excluding hydrogens is 522 g/mol. The summed E-state index contributed by atoms with van der Waals surface area (Å²) in [6.45, 7) is 0.922. The predicted octanol–water partition coefficient (Wildman–Crippen LogP) is -1.95. The number of nitrogens with one attached hydrogen (secondary N) is 1. The van der Waals surface area contributed by atoms with Gasteiger partial charge in [-0.3, -0.25) is 9.59 Å². The number of nitrogen functional groups attached to an aromatic ring is 1. The number of allylic oxidation sites excluding steroid dienone is 1. The number of nitrogens with zero attached hydrogens (tertiary/aromatic N) is 3. The maximum atomic E-state index is 13.0. The lowest BCUT2D eigenvalue weighted by Crippen LogP contribution is -2.66. The van der Waals surface area contributed by atoms with Gasteiger partial charge >= 0.3 is 0 Å². The van der Waals surface area contributed by atoms with Gasteiger partial charge in [-0.25, -0.2) is 4.98 Å². The monoisotopic (exact) mass is 551 g/mol. The Morgan fingerprint density at radius 3 is 2.84 bits per heavy atom. The number of thioether (sulfide) groups is 1. The van der Waals surface area contributed by atoms with Crippen LogP contribution in [-0.4, -0.2) is 106 Å². The van der Waals surface area contributed by atoms with Gasteiger partial charge in [-0.15, -0.1) is 11.3 Å². The molecular formula is C23H29N5O7S2. The van der Waals surface area contributed by atoms with Crippen molar-refractivity contribution in [2.45, 2.75) is 29.9 Å². The largest absolute Gasteiger partial charge is 0.545 e. The first-order valence-corrected chi connectivity index (χ1v) is 13.5. The molecule has 1 aromatic rings. The summed E-state index contributed by atoms with van der Waals surface area (Å²) >= 11 is 2.50. The predicted molar refractivity (Wildman–Crippen MR) is 135 cm³/mol. The lowest BCUT2D eigenvalue weighted by atomic mass is 9.71. The summed E-state index contributed by atoms with van der Waals surface area (Å²) in [6.07, 6.45) is 3.50. The Kier molecular flexibility index (Phi) is 8.04. The highest BCUT2D eigenvalue weighted by molar-refractivity contribution is 8.00. The second-order valence-corrected chi connectivity index (χ2v) is 11.6. The summed E-state index contributed by atoms with van der Waals surface area (Å²) < 4.78 is 0.435. The van der Waals surface area contributed by atoms with E-state index in [0.717, 1.165) is 11.3 Å². The number of carboxylic acids is 1. The molecule has 3 aliphatic rings. The van der Waals surface area contributed by atoms with Crippen molar-refractivity contribution in [2.24, 2.45) is 11.1 Å². The van der Waals surface area contributed by atoms with E-state index >= 15 is 0 Å². The average molecular weight is 552 g/mol. The zero-order chi connectivity index (χ0) is 26.9. The number of oxime groups is 1. The number of thiazole rings is 1. The van der Waals surface area contributed by atoms with Crippen LogP contribution in [0.2, 0.25) is 0 Å². The number of fused-ring (bicyclic) bond motifs is 1. The number of ketones is 1. The zero-order valence-electron chi connectivity index (χ0n) is 20.3. The van der Waals surface area contributed by atoms with E-state index in [1.807, 2.05) is 13.1 Å². The number of hydrogen-bond donors (Lipinski definition) is 4. The van der Waals surface area contributed by atoms with Gasteiger partial charge in [0.05, 0.1) is 32.1 Å². The summed E-state index contributed by atoms with van der Waals surface area (Å²) in [4.78, 5) is 46.7. The minimum Gasteiger partial charge on any atom is -0.545 e. The molecule has 2 aliphatic heterocycles. The van der Waals surface area contributed by atoms with Gasteiger partial charge < -0.3 is 40.5 Å². The van der Waals surface area contributed by atoms with E-state index in [9.17, 15) is 29.7 Å². The fourth-order valence-electron chi connectivity index (χ4n) is 5.21. The number of aliphatic carboxylic acids is 1. The standard InChI is InChI=1S/C23H29N5O7S2/c1-28(7-13(30)6-12(28)8-29)5-3-4-11-9-36-20-16(15(11)22(33)34)19(31)18(20)26-21(32)17(27-35-2)14-10-37-23(24)25-14/h3-4,10,12-13,16,18,20,29-30H,5-9H2,1-2H3,(H3-,24,25,26,32,33,34)/b4-3+,27-17-/t12-,13+,16?,18+,20-,28?/m0/s1. The number of aromatic nitrogens is 1. The molecule has 0 radical (unpaired) electrons. The molecule has 1 saturated heterocycles. The van der Waals surface area contributed by atoms with E-state index in [1.54, 1.807) is 6.08 Å². The molecule has 14 heteroatoms. The average Bonchev–Trinajstić information content (AvgIpc) is 3.41. The van der Waals surface area contributed by atoms with Crippen LogP contribution in [0.3, 0.4) is 0 Å². The second kappa shape index (κ2) is 10.9. The summed E-state index contributed by atoms with van der Waals surface area (Å²) in [7, 11) is 3.21. The molecule has 12 nitrogen and oxygen atoms in total. The molecule has 37 heavy (non-hydrogen) atoms. The highest BCUT2D eigenvalue weighted by Gasteiger charge is 2.55. The van der Waals surface area contributed by atoms with Crippen LogP contribution in [0.15, 0.2) is 33.8 Å². The number of nitrogens with two attached hydrogens (primary N) is 1. The topological polar surface area (TPSA) is 187 Å². The van der Waals surface area contributed by atoms with E-state index < -0.39 is 41.0 Å². The highest BCUT2D eigenvalue weighted by atomic mass is 32.2. The number of carboxylic acid groups (broad SMARTS) is 1. The molecule has 0 spiro atoms. The van der Waals surface area contributed by atoms with Crippen LogP contribution in [0.1, 0.15) is 12.1 Å². The molecule has 4 rings (SSSR count). The zero-order valence-corrected chi connectivity index (χ0v) is 22.0. The molecule has 0 bridgehead atoms. The van der Waals surface area contributed by atoms with E-state index in [-0.39, 0.29) is 34.8 Å². The van der Waals surface area contributed by atoms with Gasteiger partial charge in [0.15, 0.2) is 16.6 Å². The van der Waals surface area contributed by atoms with Crippen molar-refractivity contribution in [2.75, 3.05) is 45.3 Å². The van der Waals surface area contributed by atoms with E-state index in [0.29, 0.717) is 35.3 Å². The molecule has 1 amide bonds. The smallest absolute Gasteiger partial charge is 0.276 e. The van der Waals surface area contributed by atoms with Crippen LogP contribution in [0.5, 0.6) is 0 Å². The molecule has 3 heterocycles. The highest BCUT2D eigenvalue weighted by Crippen LogP contribution is 2.45. The number of aliphatic hydroxyl groups is 2. The van der Waals surface area contributed by atoms with Gasteiger partial charge in [0.2, 0.25) is 0 Å². The number of Topliss-reactive ketones (excluding diaryl/α,β-unsaturated/α-hetero) is 1. The number of aliphatic hydroxyl groups excluding tert-OH is 2. The third kappa shape index (κ3) is 5.29. The Morgan fingerprint density at radius 2 is 2.22 bits per heavy atom. The van der Waals surface area contributed by atoms with Crippen molar-refractivity contribution < 1.29 is 39.0 Å². The van der Waals surface area contributed by atoms with Gasteiger partial charge in [0.25, 0.3) is 5.91 Å². The number of anilines is 1. The molecule has 2 fully saturated rings. The van der Waals surface area contributed by atoms with Crippen LogP contribution < -0.4 is 16.2 Å². The van der Waals surface area contributed by atoms with Crippen LogP contribution in [0.4, 0.5) is 5.13 Å². The van der Waals surface area contributed by atoms with Crippen molar-refractivity contribution in [3.63, 3.8) is 0 Å². The van der Waals surface area contributed by atoms with Gasteiger partial charge in [-0.1, -0.05) is 11.2 Å². The minimum atomic E-state index is -1.42. The SMILES string of the molecule is CO/N=C(\C(=O)N[C@@H]1C(=O)C2C(C(=O)[O-])=C(/C=C/C[N+]3(C)C[C@H](O)C[C@H]3CO)CS[C@@H]21)c1csc(N)n1. The Hall–Kier alpha value is -2.78. The van der Waals surface area contributed by atoms with Crippen molar-refractivity contribution in [1.29, 1.82) is 0 Å². The van der Waals surface area contributed by atoms with Crippen LogP contribution in [-0.2, 0) is 19.2 Å². The number of quaternary nitrogens is 1. The van der Waals surface area contributed by atoms with Gasteiger partial charge in [0.1, 0.15) is 37.5 Å². The number of carbonyl (C=O) groups excluding carboxylic acids is 3. The first-order chi connectivity index (χ1) is 17.6. The molecule has 200 valence electrons. The van der Waals surface area contributed by atoms with E-state index in [2.05, 4.69) is 15.5 Å². The first kappa shape index (κ1) is 27.3. The van der Waals surface area contributed by atoms with Gasteiger partial charge in [0, 0.05) is 22.8 Å². The number of likely N-dealkylation sites (N-methyl/N-ethyl adjacent to an activating group) is 1. The Morgan fingerprint density at radius 1 is 1.46 bits per heavy atom. The first-order valence-electron chi connectivity index (χ1n) is 11.6. The third-order valence-electron chi connectivity index (χ3n) is 7.13. The number of amides is 1. The molecule has 6 atom stereocenters. The van der Waals surface area contributed by atoms with Gasteiger partial charge in [-0.05, 0) is 17.2 Å². The number of hydrogen-bond acceptors (Lipinski definition) is 12. The fourth-order valence-corrected chi connectivity index (χ4v) is 7.24. The molecule has 2 unspecified atom stereocenters. The maximum Gasteiger partial charge on any atom is 0.276 e. The van der Waals surface area contributed by atoms with Crippen LogP contribution >= 0.6 is 23.1 Å². The molecule has 1 aliphatic carbocycles. The van der Waals surface area contributed by atoms with Crippen molar-refractivity contribution >= 4 is 51.6 Å². The van der Waals surface area contributed by atoms with Gasteiger partial charge in [-0.2, -0.15) is 11.8 Å². The Labute approximate surface area is 221 Å². The molecule has 5 N–H and O–H groups in total. The third-order valence-corrected chi connectivity index (χ3v) is 9.21. The normalized spacial score (nSPS) is 31.8. The molecule has 0 aromatic carbocycles. The number of carbonyl (C=O) groups is 3. The Balaban J connectivity index is 1.48. The fraction of sp³-hybridized carbons (Fsp3) is 0.522. The molecule has 1 aromatic heterocycles. The van der Waals surface area contributed by atoms with Crippen molar-refractivity contribution in [3.8, 4) is 0 Å². The Bertz CT molecular complexity index is 1180. The van der Waals surface area contributed by atoms with Crippen LogP contribution in [0.25, 0.3) is 0 Å². The quantitative estimate of drug-likeness (QED) is 0.153. The van der Waals surface area contributed by atoms with Crippen LogP contribution in [0, 0.1) is 5.92 Å². The second-order valence-electron chi connectivity index (χ2n) is 9.50. The van der Waals surface area contributed by atoms with E-state index in [4.69, 9.17) is 10.6 Å². The molecule has 1 saturated carbocycles. The van der Waals surface area contributed by atoms with Crippen molar-refractivity contribution in [3.05, 3.63) is 34.4 Å². The summed E-state index contributed by atoms with van der Waals surface area (Å²) in [5, 5.41) is 39.4. The number of rotatable bonds is 9. The minimum absolute atomic E-state index is 0.0533. The summed E-state index contributed by atoms with van der Waals surface area (Å²) in [5.41, 5.74) is 6.11. The summed E-state index contributed by atoms with van der Waals surface area (Å²) in [5.74, 6) is -3.12. The lowest BCUT2D eigenvalue weighted by Gasteiger charge is -2.47. The van der Waals surface area contributed by atoms with E-state index in [1.165, 1.54) is 24.3 Å².